The highest BCUT2D eigenvalue weighted by Crippen LogP contribution is 2.11. The van der Waals surface area contributed by atoms with E-state index in [1.807, 2.05) is 38.1 Å². The third-order valence-corrected chi connectivity index (χ3v) is 3.39. The van der Waals surface area contributed by atoms with Gasteiger partial charge in [-0.1, -0.05) is 23.7 Å². The van der Waals surface area contributed by atoms with Gasteiger partial charge in [0.2, 0.25) is 0 Å². The number of hydrogen-bond acceptors (Lipinski definition) is 3. The SMILES string of the molecule is CN=C(NCCOCc1cccc(Cl)c1)NCC(C)(C)OC. The lowest BCUT2D eigenvalue weighted by Crippen LogP contribution is -2.46. The van der Waals surface area contributed by atoms with Crippen LogP contribution in [0.1, 0.15) is 19.4 Å². The van der Waals surface area contributed by atoms with Crippen molar-refractivity contribution in [2.75, 3.05) is 33.9 Å². The highest BCUT2D eigenvalue weighted by atomic mass is 35.5. The Hall–Kier alpha value is -1.30. The molecule has 0 unspecified atom stereocenters. The second-order valence-corrected chi connectivity index (χ2v) is 5.94. The highest BCUT2D eigenvalue weighted by Gasteiger charge is 2.16. The zero-order chi connectivity index (χ0) is 16.4. The van der Waals surface area contributed by atoms with Crippen LogP contribution < -0.4 is 10.6 Å². The molecule has 2 N–H and O–H groups in total. The van der Waals surface area contributed by atoms with Gasteiger partial charge in [0.15, 0.2) is 5.96 Å². The van der Waals surface area contributed by atoms with Crippen LogP contribution in [0, 0.1) is 0 Å². The second-order valence-electron chi connectivity index (χ2n) is 5.50. The molecule has 0 aliphatic heterocycles. The molecule has 0 spiro atoms. The van der Waals surface area contributed by atoms with Crippen molar-refractivity contribution in [3.63, 3.8) is 0 Å². The number of aliphatic imine (C=N–C) groups is 1. The van der Waals surface area contributed by atoms with Gasteiger partial charge in [-0.3, -0.25) is 4.99 Å². The maximum absolute atomic E-state index is 5.93. The van der Waals surface area contributed by atoms with Gasteiger partial charge in [-0.15, -0.1) is 0 Å². The molecule has 1 aromatic rings. The van der Waals surface area contributed by atoms with Crippen molar-refractivity contribution < 1.29 is 9.47 Å². The van der Waals surface area contributed by atoms with E-state index in [9.17, 15) is 0 Å². The van der Waals surface area contributed by atoms with Crippen molar-refractivity contribution >= 4 is 17.6 Å². The van der Waals surface area contributed by atoms with Gasteiger partial charge in [0.25, 0.3) is 0 Å². The molecule has 1 rings (SSSR count). The van der Waals surface area contributed by atoms with E-state index in [-0.39, 0.29) is 5.60 Å². The number of hydrogen-bond donors (Lipinski definition) is 2. The smallest absolute Gasteiger partial charge is 0.191 e. The van der Waals surface area contributed by atoms with E-state index in [1.165, 1.54) is 0 Å². The normalized spacial score (nSPS) is 12.3. The number of halogens is 1. The highest BCUT2D eigenvalue weighted by molar-refractivity contribution is 6.30. The first-order chi connectivity index (χ1) is 10.5. The molecular formula is C16H26ClN3O2. The molecule has 0 aliphatic carbocycles. The van der Waals surface area contributed by atoms with Crippen LogP contribution in [0.3, 0.4) is 0 Å². The van der Waals surface area contributed by atoms with Gasteiger partial charge >= 0.3 is 0 Å². The van der Waals surface area contributed by atoms with Crippen molar-refractivity contribution in [3.8, 4) is 0 Å². The van der Waals surface area contributed by atoms with Crippen LogP contribution >= 0.6 is 11.6 Å². The standard InChI is InChI=1S/C16H26ClN3O2/c1-16(2,21-4)12-20-15(18-3)19-8-9-22-11-13-6-5-7-14(17)10-13/h5-7,10H,8-9,11-12H2,1-4H3,(H2,18,19,20). The lowest BCUT2D eigenvalue weighted by Gasteiger charge is -2.24. The van der Waals surface area contributed by atoms with Gasteiger partial charge in [-0.2, -0.15) is 0 Å². The molecular weight excluding hydrogens is 302 g/mol. The van der Waals surface area contributed by atoms with Crippen LogP contribution in [0.15, 0.2) is 29.3 Å². The van der Waals surface area contributed by atoms with Gasteiger partial charge in [-0.25, -0.2) is 0 Å². The van der Waals surface area contributed by atoms with E-state index in [2.05, 4.69) is 15.6 Å². The van der Waals surface area contributed by atoms with E-state index in [0.29, 0.717) is 26.3 Å². The van der Waals surface area contributed by atoms with Crippen LogP contribution in [-0.4, -0.2) is 45.4 Å². The van der Waals surface area contributed by atoms with Gasteiger partial charge in [0.05, 0.1) is 18.8 Å². The molecule has 124 valence electrons. The molecule has 0 saturated heterocycles. The summed E-state index contributed by atoms with van der Waals surface area (Å²) in [4.78, 5) is 4.16. The molecule has 22 heavy (non-hydrogen) atoms. The first kappa shape index (κ1) is 18.7. The van der Waals surface area contributed by atoms with Gasteiger partial charge < -0.3 is 20.1 Å². The first-order valence-electron chi connectivity index (χ1n) is 7.29. The molecule has 0 aromatic heterocycles. The summed E-state index contributed by atoms with van der Waals surface area (Å²) in [6, 6.07) is 7.67. The fourth-order valence-corrected chi connectivity index (χ4v) is 1.86. The molecule has 0 radical (unpaired) electrons. The molecule has 0 aliphatic rings. The van der Waals surface area contributed by atoms with Crippen molar-refractivity contribution in [2.24, 2.45) is 4.99 Å². The van der Waals surface area contributed by atoms with Crippen molar-refractivity contribution in [1.29, 1.82) is 0 Å². The van der Waals surface area contributed by atoms with E-state index in [1.54, 1.807) is 14.2 Å². The zero-order valence-electron chi connectivity index (χ0n) is 13.8. The predicted octanol–water partition coefficient (Wildman–Crippen LogP) is 2.45. The van der Waals surface area contributed by atoms with Crippen molar-refractivity contribution in [3.05, 3.63) is 34.9 Å². The number of ether oxygens (including phenoxy) is 2. The number of benzene rings is 1. The summed E-state index contributed by atoms with van der Waals surface area (Å²) in [7, 11) is 3.43. The second kappa shape index (κ2) is 9.66. The summed E-state index contributed by atoms with van der Waals surface area (Å²) in [5.74, 6) is 0.733. The summed E-state index contributed by atoms with van der Waals surface area (Å²) in [5.41, 5.74) is 0.831. The first-order valence-corrected chi connectivity index (χ1v) is 7.66. The minimum Gasteiger partial charge on any atom is -0.377 e. The minimum atomic E-state index is -0.235. The average Bonchev–Trinajstić information content (AvgIpc) is 2.50. The maximum atomic E-state index is 5.93. The van der Waals surface area contributed by atoms with Crippen LogP contribution in [0.2, 0.25) is 5.02 Å². The van der Waals surface area contributed by atoms with E-state index < -0.39 is 0 Å². The Kier molecular flexibility index (Phi) is 8.24. The number of rotatable bonds is 8. The predicted molar refractivity (Wildman–Crippen MR) is 91.6 cm³/mol. The Morgan fingerprint density at radius 1 is 1.32 bits per heavy atom. The molecule has 0 heterocycles. The molecule has 1 aromatic carbocycles. The lowest BCUT2D eigenvalue weighted by molar-refractivity contribution is 0.0268. The minimum absolute atomic E-state index is 0.235. The summed E-state index contributed by atoms with van der Waals surface area (Å²) in [6.07, 6.45) is 0. The van der Waals surface area contributed by atoms with Crippen LogP contribution in [0.5, 0.6) is 0 Å². The van der Waals surface area contributed by atoms with Crippen LogP contribution in [0.4, 0.5) is 0 Å². The molecule has 0 atom stereocenters. The Balaban J connectivity index is 2.19. The third-order valence-electron chi connectivity index (χ3n) is 3.15. The Bertz CT molecular complexity index is 478. The molecule has 0 bridgehead atoms. The molecule has 0 fully saturated rings. The third kappa shape index (κ3) is 7.64. The van der Waals surface area contributed by atoms with E-state index in [4.69, 9.17) is 21.1 Å². The van der Waals surface area contributed by atoms with Crippen molar-refractivity contribution in [1.82, 2.24) is 10.6 Å². The van der Waals surface area contributed by atoms with E-state index in [0.717, 1.165) is 16.5 Å². The fraction of sp³-hybridized carbons (Fsp3) is 0.562. The topological polar surface area (TPSA) is 54.9 Å². The van der Waals surface area contributed by atoms with Crippen LogP contribution in [0.25, 0.3) is 0 Å². The maximum Gasteiger partial charge on any atom is 0.191 e. The lowest BCUT2D eigenvalue weighted by atomic mass is 10.1. The quantitative estimate of drug-likeness (QED) is 0.437. The Morgan fingerprint density at radius 2 is 2.09 bits per heavy atom. The fourth-order valence-electron chi connectivity index (χ4n) is 1.65. The number of methoxy groups -OCH3 is 1. The number of nitrogens with zero attached hydrogens (tertiary/aromatic N) is 1. The molecule has 0 saturated carbocycles. The van der Waals surface area contributed by atoms with Gasteiger partial charge in [-0.05, 0) is 31.5 Å². The molecule has 0 amide bonds. The van der Waals surface area contributed by atoms with Gasteiger partial charge in [0.1, 0.15) is 0 Å². The Morgan fingerprint density at radius 3 is 2.73 bits per heavy atom. The summed E-state index contributed by atoms with van der Waals surface area (Å²) in [6.45, 7) is 6.51. The monoisotopic (exact) mass is 327 g/mol. The summed E-state index contributed by atoms with van der Waals surface area (Å²) in [5, 5.41) is 7.14. The summed E-state index contributed by atoms with van der Waals surface area (Å²) < 4.78 is 11.0. The molecule has 6 heteroatoms. The zero-order valence-corrected chi connectivity index (χ0v) is 14.5. The van der Waals surface area contributed by atoms with Gasteiger partial charge in [0, 0.05) is 32.3 Å². The largest absolute Gasteiger partial charge is 0.377 e. The average molecular weight is 328 g/mol. The van der Waals surface area contributed by atoms with Crippen LogP contribution in [-0.2, 0) is 16.1 Å². The Labute approximate surface area is 138 Å². The number of nitrogens with one attached hydrogen (secondary N) is 2. The van der Waals surface area contributed by atoms with E-state index >= 15 is 0 Å². The number of guanidine groups is 1. The van der Waals surface area contributed by atoms with Crippen molar-refractivity contribution in [2.45, 2.75) is 26.1 Å². The summed E-state index contributed by atoms with van der Waals surface area (Å²) >= 11 is 5.93. The molecule has 5 nitrogen and oxygen atoms in total.